The van der Waals surface area contributed by atoms with Gasteiger partial charge in [-0.1, -0.05) is 12.1 Å². The molecular formula is C26H36O4. The van der Waals surface area contributed by atoms with Gasteiger partial charge in [0.05, 0.1) is 0 Å². The quantitative estimate of drug-likeness (QED) is 0.531. The topological polar surface area (TPSA) is 36.9 Å². The third-order valence-electron chi connectivity index (χ3n) is 8.39. The van der Waals surface area contributed by atoms with Gasteiger partial charge in [0.15, 0.2) is 0 Å². The Hall–Kier alpha value is -1.10. The lowest BCUT2D eigenvalue weighted by Gasteiger charge is -2.57. The Morgan fingerprint density at radius 3 is 2.20 bits per heavy atom. The van der Waals surface area contributed by atoms with Crippen LogP contribution in [0.2, 0.25) is 0 Å². The van der Waals surface area contributed by atoms with Crippen molar-refractivity contribution in [2.75, 3.05) is 0 Å². The van der Waals surface area contributed by atoms with Crippen LogP contribution in [0.4, 0.5) is 0 Å². The molecule has 0 amide bonds. The molecule has 0 aromatic heterocycles. The van der Waals surface area contributed by atoms with Crippen molar-refractivity contribution in [3.8, 4) is 5.75 Å². The molecule has 164 valence electrons. The van der Waals surface area contributed by atoms with E-state index in [-0.39, 0.29) is 5.60 Å². The highest BCUT2D eigenvalue weighted by Crippen LogP contribution is 2.64. The number of rotatable bonds is 2. The lowest BCUT2D eigenvalue weighted by Crippen LogP contribution is -2.59. The van der Waals surface area contributed by atoms with Crippen molar-refractivity contribution < 1.29 is 19.2 Å². The van der Waals surface area contributed by atoms with Crippen molar-refractivity contribution in [3.63, 3.8) is 0 Å². The lowest BCUT2D eigenvalue weighted by atomic mass is 9.53. The van der Waals surface area contributed by atoms with E-state index in [9.17, 15) is 0 Å². The van der Waals surface area contributed by atoms with Gasteiger partial charge in [0.1, 0.15) is 11.4 Å². The largest absolute Gasteiger partial charge is 0.488 e. The fourth-order valence-electron chi connectivity index (χ4n) is 7.42. The third kappa shape index (κ3) is 3.22. The Labute approximate surface area is 180 Å². The predicted octanol–water partition coefficient (Wildman–Crippen LogP) is 6.35. The zero-order chi connectivity index (χ0) is 20.6. The third-order valence-corrected chi connectivity index (χ3v) is 8.39. The van der Waals surface area contributed by atoms with E-state index in [1.165, 1.54) is 44.1 Å². The molecule has 7 rings (SSSR count). The van der Waals surface area contributed by atoms with Gasteiger partial charge in [0.25, 0.3) is 0 Å². The molecular weight excluding hydrogens is 376 g/mol. The molecule has 1 aromatic rings. The normalized spacial score (nSPS) is 44.8. The molecule has 6 fully saturated rings. The highest BCUT2D eigenvalue weighted by molar-refractivity contribution is 5.30. The van der Waals surface area contributed by atoms with E-state index in [4.69, 9.17) is 19.2 Å². The standard InChI is InChI=1S/C26H36O4/c1-24(2,3)27-23-8-6-19(7-9-23)20-5-4-10-25(16-20)28-26(30-29-25)21-12-17-11-18(14-21)15-22(26)13-17/h6-9,17-18,20-22H,4-5,10-16H2,1-3H3/t17?,18?,20-,21?,22?,25-,26?/m1/s1. The minimum Gasteiger partial charge on any atom is -0.488 e. The molecule has 4 nitrogen and oxygen atoms in total. The second-order valence-electron chi connectivity index (χ2n) is 11.8. The Balaban J connectivity index is 1.19. The number of hydrogen-bond acceptors (Lipinski definition) is 4. The summed E-state index contributed by atoms with van der Waals surface area (Å²) in [5.41, 5.74) is 1.18. The minimum atomic E-state index is -0.557. The van der Waals surface area contributed by atoms with E-state index in [2.05, 4.69) is 45.0 Å². The summed E-state index contributed by atoms with van der Waals surface area (Å²) in [4.78, 5) is 12.4. The summed E-state index contributed by atoms with van der Waals surface area (Å²) in [5, 5.41) is 0. The number of ether oxygens (including phenoxy) is 2. The Bertz CT molecular complexity index is 766. The smallest absolute Gasteiger partial charge is 0.210 e. The van der Waals surface area contributed by atoms with E-state index in [1.54, 1.807) is 0 Å². The van der Waals surface area contributed by atoms with E-state index in [0.29, 0.717) is 17.8 Å². The zero-order valence-corrected chi connectivity index (χ0v) is 18.7. The van der Waals surface area contributed by atoms with E-state index < -0.39 is 11.6 Å². The first-order valence-corrected chi connectivity index (χ1v) is 12.2. The van der Waals surface area contributed by atoms with Gasteiger partial charge in [0, 0.05) is 24.7 Å². The van der Waals surface area contributed by atoms with Crippen LogP contribution in [-0.4, -0.2) is 17.2 Å². The van der Waals surface area contributed by atoms with Gasteiger partial charge in [-0.05, 0) is 101 Å². The Kier molecular flexibility index (Phi) is 4.37. The fourth-order valence-corrected chi connectivity index (χ4v) is 7.42. The maximum absolute atomic E-state index is 6.93. The second kappa shape index (κ2) is 6.70. The average molecular weight is 413 g/mol. The molecule has 5 aliphatic carbocycles. The highest BCUT2D eigenvalue weighted by Gasteiger charge is 2.67. The van der Waals surface area contributed by atoms with Crippen LogP contribution >= 0.6 is 0 Å². The van der Waals surface area contributed by atoms with Crippen LogP contribution in [-0.2, 0) is 14.5 Å². The van der Waals surface area contributed by atoms with E-state index >= 15 is 0 Å². The summed E-state index contributed by atoms with van der Waals surface area (Å²) in [7, 11) is 0. The number of benzene rings is 1. The van der Waals surface area contributed by atoms with Crippen molar-refractivity contribution in [1.82, 2.24) is 0 Å². The molecule has 1 saturated heterocycles. The average Bonchev–Trinajstić information content (AvgIpc) is 3.05. The van der Waals surface area contributed by atoms with Crippen molar-refractivity contribution >= 4 is 0 Å². The first-order valence-electron chi connectivity index (χ1n) is 12.2. The molecule has 1 aliphatic heterocycles. The van der Waals surface area contributed by atoms with Crippen LogP contribution in [0.1, 0.15) is 90.0 Å². The Morgan fingerprint density at radius 1 is 0.900 bits per heavy atom. The summed E-state index contributed by atoms with van der Waals surface area (Å²) in [5.74, 6) is 3.21. The van der Waals surface area contributed by atoms with E-state index in [0.717, 1.165) is 36.8 Å². The Morgan fingerprint density at radius 2 is 1.57 bits per heavy atom. The molecule has 1 aromatic carbocycles. The molecule has 2 spiro atoms. The van der Waals surface area contributed by atoms with Gasteiger partial charge in [-0.2, -0.15) is 9.78 Å². The van der Waals surface area contributed by atoms with Gasteiger partial charge in [-0.15, -0.1) is 0 Å². The molecule has 6 aliphatic rings. The summed E-state index contributed by atoms with van der Waals surface area (Å²) in [6.45, 7) is 6.25. The first kappa shape index (κ1) is 19.6. The van der Waals surface area contributed by atoms with Crippen LogP contribution in [0.15, 0.2) is 24.3 Å². The van der Waals surface area contributed by atoms with Gasteiger partial charge in [0.2, 0.25) is 11.6 Å². The van der Waals surface area contributed by atoms with Crippen LogP contribution < -0.4 is 4.74 Å². The van der Waals surface area contributed by atoms with Crippen molar-refractivity contribution in [3.05, 3.63) is 29.8 Å². The predicted molar refractivity (Wildman–Crippen MR) is 114 cm³/mol. The summed E-state index contributed by atoms with van der Waals surface area (Å²) >= 11 is 0. The molecule has 5 saturated carbocycles. The lowest BCUT2D eigenvalue weighted by molar-refractivity contribution is -0.390. The minimum absolute atomic E-state index is 0.174. The molecule has 0 unspecified atom stereocenters. The van der Waals surface area contributed by atoms with Crippen LogP contribution in [0.3, 0.4) is 0 Å². The highest BCUT2D eigenvalue weighted by atomic mass is 17.3. The summed E-state index contributed by atoms with van der Waals surface area (Å²) in [6, 6.07) is 8.65. The SMILES string of the molecule is CC(C)(C)Oc1ccc([C@@H]2CCC[C@]3(C2)OOC2(O3)C3CC4CC(C3)CC2C4)cc1. The monoisotopic (exact) mass is 412 g/mol. The van der Waals surface area contributed by atoms with Crippen LogP contribution in [0.25, 0.3) is 0 Å². The summed E-state index contributed by atoms with van der Waals surface area (Å²) < 4.78 is 12.9. The molecule has 2 atom stereocenters. The van der Waals surface area contributed by atoms with Gasteiger partial charge in [-0.3, -0.25) is 0 Å². The van der Waals surface area contributed by atoms with Crippen molar-refractivity contribution in [2.45, 2.75) is 102 Å². The zero-order valence-electron chi connectivity index (χ0n) is 18.7. The van der Waals surface area contributed by atoms with Crippen LogP contribution in [0.5, 0.6) is 5.75 Å². The fraction of sp³-hybridized carbons (Fsp3) is 0.769. The molecule has 4 heteroatoms. The van der Waals surface area contributed by atoms with Gasteiger partial charge in [-0.25, -0.2) is 0 Å². The maximum atomic E-state index is 6.93. The molecule has 30 heavy (non-hydrogen) atoms. The van der Waals surface area contributed by atoms with Gasteiger partial charge < -0.3 is 9.47 Å². The van der Waals surface area contributed by atoms with Gasteiger partial charge >= 0.3 is 0 Å². The molecule has 0 radical (unpaired) electrons. The number of hydrogen-bond donors (Lipinski definition) is 0. The molecule has 0 N–H and O–H groups in total. The van der Waals surface area contributed by atoms with Crippen molar-refractivity contribution in [1.29, 1.82) is 0 Å². The summed E-state index contributed by atoms with van der Waals surface area (Å²) in [6.07, 6.45) is 10.6. The second-order valence-corrected chi connectivity index (χ2v) is 11.8. The molecule has 1 heterocycles. The van der Waals surface area contributed by atoms with E-state index in [1.807, 2.05) is 0 Å². The van der Waals surface area contributed by atoms with Crippen molar-refractivity contribution in [2.24, 2.45) is 23.7 Å². The molecule has 4 bridgehead atoms. The van der Waals surface area contributed by atoms with Crippen LogP contribution in [0, 0.1) is 23.7 Å². The first-order chi connectivity index (χ1) is 14.3. The maximum Gasteiger partial charge on any atom is 0.210 e.